The van der Waals surface area contributed by atoms with Crippen molar-refractivity contribution in [1.82, 2.24) is 9.99 Å². The molecule has 0 atom stereocenters. The monoisotopic (exact) mass is 393 g/mol. The molecule has 3 aromatic rings. The maximum absolute atomic E-state index is 12.3. The van der Waals surface area contributed by atoms with E-state index in [2.05, 4.69) is 10.5 Å². The number of hydrogen-bond acceptors (Lipinski definition) is 5. The molecule has 0 saturated heterocycles. The van der Waals surface area contributed by atoms with E-state index in [0.717, 1.165) is 22.2 Å². The molecule has 0 aliphatic heterocycles. The Kier molecular flexibility index (Phi) is 6.29. The summed E-state index contributed by atoms with van der Waals surface area (Å²) in [5, 5.41) is 5.06. The van der Waals surface area contributed by atoms with Crippen molar-refractivity contribution in [3.05, 3.63) is 65.4 Å². The fourth-order valence-electron chi connectivity index (χ4n) is 3.14. The zero-order chi connectivity index (χ0) is 20.8. The summed E-state index contributed by atoms with van der Waals surface area (Å²) in [5.74, 6) is -0.0428. The molecule has 0 aliphatic rings. The van der Waals surface area contributed by atoms with Crippen molar-refractivity contribution in [3.8, 4) is 5.75 Å². The zero-order valence-electron chi connectivity index (χ0n) is 16.6. The number of nitrogens with zero attached hydrogens (tertiary/aromatic N) is 2. The van der Waals surface area contributed by atoms with Gasteiger partial charge in [-0.05, 0) is 38.1 Å². The summed E-state index contributed by atoms with van der Waals surface area (Å²) in [6.07, 6.45) is 1.59. The molecule has 1 N–H and O–H groups in total. The smallest absolute Gasteiger partial charge is 0.325 e. The summed E-state index contributed by atoms with van der Waals surface area (Å²) in [5.41, 5.74) is 5.57. The van der Waals surface area contributed by atoms with E-state index in [9.17, 15) is 9.59 Å². The second-order valence-electron chi connectivity index (χ2n) is 6.34. The Bertz CT molecular complexity index is 1070. The summed E-state index contributed by atoms with van der Waals surface area (Å²) in [7, 11) is 1.55. The molecule has 29 heavy (non-hydrogen) atoms. The number of fused-ring (bicyclic) bond motifs is 1. The van der Waals surface area contributed by atoms with Gasteiger partial charge in [0.15, 0.2) is 0 Å². The van der Waals surface area contributed by atoms with Gasteiger partial charge in [0.25, 0.3) is 5.91 Å². The Labute approximate surface area is 168 Å². The molecule has 3 rings (SSSR count). The van der Waals surface area contributed by atoms with Crippen LogP contribution in [0.3, 0.4) is 0 Å². The minimum atomic E-state index is -0.340. The lowest BCUT2D eigenvalue weighted by molar-refractivity contribution is -0.143. The van der Waals surface area contributed by atoms with Gasteiger partial charge < -0.3 is 14.0 Å². The number of esters is 1. The summed E-state index contributed by atoms with van der Waals surface area (Å²) >= 11 is 0. The van der Waals surface area contributed by atoms with Crippen LogP contribution in [0.25, 0.3) is 10.9 Å². The number of amides is 1. The van der Waals surface area contributed by atoms with Crippen LogP contribution in [-0.2, 0) is 16.1 Å². The predicted molar refractivity (Wildman–Crippen MR) is 111 cm³/mol. The molecule has 0 saturated carbocycles. The van der Waals surface area contributed by atoms with Gasteiger partial charge in [0.2, 0.25) is 0 Å². The average molecular weight is 393 g/mol. The van der Waals surface area contributed by atoms with Crippen molar-refractivity contribution in [1.29, 1.82) is 0 Å². The minimum Gasteiger partial charge on any atom is -0.497 e. The van der Waals surface area contributed by atoms with E-state index >= 15 is 0 Å². The molecule has 0 radical (unpaired) electrons. The van der Waals surface area contributed by atoms with Crippen molar-refractivity contribution < 1.29 is 19.1 Å². The lowest BCUT2D eigenvalue weighted by atomic mass is 10.1. The maximum atomic E-state index is 12.3. The molecule has 0 unspecified atom stereocenters. The van der Waals surface area contributed by atoms with Gasteiger partial charge >= 0.3 is 5.97 Å². The first-order valence-corrected chi connectivity index (χ1v) is 9.26. The topological polar surface area (TPSA) is 81.9 Å². The Morgan fingerprint density at radius 3 is 2.72 bits per heavy atom. The molecule has 0 spiro atoms. The number of hydrogen-bond donors (Lipinski definition) is 1. The molecule has 1 aromatic heterocycles. The lowest BCUT2D eigenvalue weighted by Crippen LogP contribution is -2.17. The number of benzene rings is 2. The number of para-hydroxylation sites is 1. The van der Waals surface area contributed by atoms with Crippen LogP contribution in [0.4, 0.5) is 0 Å². The number of hydrazone groups is 1. The van der Waals surface area contributed by atoms with Gasteiger partial charge in [0, 0.05) is 27.7 Å². The van der Waals surface area contributed by atoms with E-state index in [1.807, 2.05) is 35.8 Å². The van der Waals surface area contributed by atoms with Crippen molar-refractivity contribution in [2.24, 2.45) is 5.10 Å². The molecule has 150 valence electrons. The highest BCUT2D eigenvalue weighted by Gasteiger charge is 2.15. The van der Waals surface area contributed by atoms with Crippen LogP contribution >= 0.6 is 0 Å². The van der Waals surface area contributed by atoms with Gasteiger partial charge in [-0.15, -0.1) is 0 Å². The van der Waals surface area contributed by atoms with Crippen LogP contribution in [-0.4, -0.2) is 36.4 Å². The van der Waals surface area contributed by atoms with Gasteiger partial charge in [-0.1, -0.05) is 24.3 Å². The van der Waals surface area contributed by atoms with E-state index in [0.29, 0.717) is 17.9 Å². The first-order chi connectivity index (χ1) is 14.0. The third-order valence-electron chi connectivity index (χ3n) is 4.56. The first kappa shape index (κ1) is 20.1. The van der Waals surface area contributed by atoms with Crippen molar-refractivity contribution in [3.63, 3.8) is 0 Å². The van der Waals surface area contributed by atoms with E-state index < -0.39 is 0 Å². The summed E-state index contributed by atoms with van der Waals surface area (Å²) in [6, 6.07) is 14.6. The summed E-state index contributed by atoms with van der Waals surface area (Å²) in [6.45, 7) is 4.14. The standard InChI is InChI=1S/C22H23N3O4/c1-4-29-21(26)14-25-15(2)19(18-10-5-6-11-20(18)25)13-23-24-22(27)16-8-7-9-17(12-16)28-3/h5-13H,4,14H2,1-3H3,(H,24,27)/b23-13+. The molecule has 1 heterocycles. The van der Waals surface area contributed by atoms with Gasteiger partial charge in [-0.25, -0.2) is 5.43 Å². The first-order valence-electron chi connectivity index (χ1n) is 9.26. The average Bonchev–Trinajstić information content (AvgIpc) is 3.00. The molecule has 7 heteroatoms. The molecule has 0 bridgehead atoms. The van der Waals surface area contributed by atoms with Crippen LogP contribution in [0.1, 0.15) is 28.5 Å². The van der Waals surface area contributed by atoms with Crippen LogP contribution in [0, 0.1) is 6.92 Å². The molecule has 2 aromatic carbocycles. The van der Waals surface area contributed by atoms with Gasteiger partial charge in [-0.3, -0.25) is 9.59 Å². The molecule has 0 aliphatic carbocycles. The Hall–Kier alpha value is -3.61. The highest BCUT2D eigenvalue weighted by molar-refractivity contribution is 6.02. The quantitative estimate of drug-likeness (QED) is 0.379. The largest absolute Gasteiger partial charge is 0.497 e. The number of nitrogens with one attached hydrogen (secondary N) is 1. The van der Waals surface area contributed by atoms with Gasteiger partial charge in [0.1, 0.15) is 12.3 Å². The van der Waals surface area contributed by atoms with Crippen molar-refractivity contribution in [2.75, 3.05) is 13.7 Å². The van der Waals surface area contributed by atoms with E-state index in [-0.39, 0.29) is 18.4 Å². The second-order valence-corrected chi connectivity index (χ2v) is 6.34. The molecule has 7 nitrogen and oxygen atoms in total. The van der Waals surface area contributed by atoms with Gasteiger partial charge in [-0.2, -0.15) is 5.10 Å². The number of carbonyl (C=O) groups is 2. The van der Waals surface area contributed by atoms with E-state index in [4.69, 9.17) is 9.47 Å². The fraction of sp³-hybridized carbons (Fsp3) is 0.227. The maximum Gasteiger partial charge on any atom is 0.325 e. The van der Waals surface area contributed by atoms with Crippen molar-refractivity contribution in [2.45, 2.75) is 20.4 Å². The molecule has 1 amide bonds. The Morgan fingerprint density at radius 1 is 1.17 bits per heavy atom. The third kappa shape index (κ3) is 4.45. The lowest BCUT2D eigenvalue weighted by Gasteiger charge is -2.07. The van der Waals surface area contributed by atoms with Crippen LogP contribution in [0.15, 0.2) is 53.6 Å². The fourth-order valence-corrected chi connectivity index (χ4v) is 3.14. The number of carbonyl (C=O) groups excluding carboxylic acids is 2. The molecular formula is C22H23N3O4. The minimum absolute atomic E-state index is 0.115. The third-order valence-corrected chi connectivity index (χ3v) is 4.56. The van der Waals surface area contributed by atoms with E-state index in [1.165, 1.54) is 0 Å². The number of ether oxygens (including phenoxy) is 2. The molecule has 0 fully saturated rings. The predicted octanol–water partition coefficient (Wildman–Crippen LogP) is 3.29. The highest BCUT2D eigenvalue weighted by atomic mass is 16.5. The number of rotatable bonds is 7. The zero-order valence-corrected chi connectivity index (χ0v) is 16.6. The van der Waals surface area contributed by atoms with E-state index in [1.54, 1.807) is 44.5 Å². The second kappa shape index (κ2) is 9.05. The van der Waals surface area contributed by atoms with Crippen LogP contribution in [0.2, 0.25) is 0 Å². The number of aromatic nitrogens is 1. The summed E-state index contributed by atoms with van der Waals surface area (Å²) in [4.78, 5) is 24.3. The summed E-state index contributed by atoms with van der Waals surface area (Å²) < 4.78 is 12.1. The normalized spacial score (nSPS) is 11.0. The number of methoxy groups -OCH3 is 1. The van der Waals surface area contributed by atoms with Gasteiger partial charge in [0.05, 0.1) is 19.9 Å². The van der Waals surface area contributed by atoms with Crippen molar-refractivity contribution >= 4 is 29.0 Å². The molecular weight excluding hydrogens is 370 g/mol. The SMILES string of the molecule is CCOC(=O)Cn1c(C)c(/C=N/NC(=O)c2cccc(OC)c2)c2ccccc21. The Balaban J connectivity index is 1.85. The highest BCUT2D eigenvalue weighted by Crippen LogP contribution is 2.24. The van der Waals surface area contributed by atoms with Crippen LogP contribution in [0.5, 0.6) is 5.75 Å². The Morgan fingerprint density at radius 2 is 1.97 bits per heavy atom. The van der Waals surface area contributed by atoms with Crippen LogP contribution < -0.4 is 10.2 Å².